The van der Waals surface area contributed by atoms with Crippen LogP contribution in [-0.4, -0.2) is 16.5 Å². The van der Waals surface area contributed by atoms with E-state index >= 15 is 0 Å². The zero-order valence-corrected chi connectivity index (χ0v) is 12.9. The van der Waals surface area contributed by atoms with Crippen molar-refractivity contribution < 1.29 is 19.5 Å². The van der Waals surface area contributed by atoms with Crippen LogP contribution in [0.1, 0.15) is 24.0 Å². The molecule has 2 rings (SSSR count). The van der Waals surface area contributed by atoms with Gasteiger partial charge in [0.1, 0.15) is 0 Å². The van der Waals surface area contributed by atoms with E-state index in [1.165, 1.54) is 11.1 Å². The van der Waals surface area contributed by atoms with Gasteiger partial charge in [-0.05, 0) is 68.1 Å². The molecule has 2 heterocycles. The first-order valence-corrected chi connectivity index (χ1v) is 6.37. The molecule has 0 amide bonds. The van der Waals surface area contributed by atoms with Crippen LogP contribution in [0.4, 0.5) is 0 Å². The van der Waals surface area contributed by atoms with E-state index in [4.69, 9.17) is 5.73 Å². The van der Waals surface area contributed by atoms with Crippen LogP contribution >= 0.6 is 0 Å². The number of nitrogens with zero attached hydrogens (tertiary/aromatic N) is 2. The zero-order valence-electron chi connectivity index (χ0n) is 11.1. The van der Waals surface area contributed by atoms with Crippen molar-refractivity contribution in [3.05, 3.63) is 47.8 Å². The first kappa shape index (κ1) is 15.9. The molecular weight excluding hydrogens is 323 g/mol. The molecule has 0 aromatic carbocycles. The number of aryl methyl sites for hydroxylation is 2. The summed E-state index contributed by atoms with van der Waals surface area (Å²) in [5.74, 6) is 0. The second-order valence-corrected chi connectivity index (χ2v) is 4.51. The summed E-state index contributed by atoms with van der Waals surface area (Å²) < 4.78 is 0. The van der Waals surface area contributed by atoms with Crippen LogP contribution < -0.4 is 5.73 Å². The maximum absolute atomic E-state index is 5.51. The summed E-state index contributed by atoms with van der Waals surface area (Å²) in [4.78, 5) is 8.76. The Labute approximate surface area is 127 Å². The molecule has 2 aromatic heterocycles. The molecule has 0 spiro atoms. The summed E-state index contributed by atoms with van der Waals surface area (Å²) in [5.41, 5.74) is 9.90. The standard InChI is InChI=1S/C15H19N3.Ru/c1-12-5-8-17-14(10-12)15-11-13(6-9-18-15)4-2-3-7-16;/h5-6,8-11H,2-4,7,16H2,1H3;/q;+2. The molecule has 0 aliphatic heterocycles. The minimum Gasteiger partial charge on any atom is -0.330 e. The van der Waals surface area contributed by atoms with E-state index < -0.39 is 0 Å². The van der Waals surface area contributed by atoms with Crippen LogP contribution in [0, 0.1) is 6.92 Å². The fourth-order valence-electron chi connectivity index (χ4n) is 1.92. The summed E-state index contributed by atoms with van der Waals surface area (Å²) in [6, 6.07) is 8.24. The minimum atomic E-state index is 0. The Morgan fingerprint density at radius 3 is 2.37 bits per heavy atom. The van der Waals surface area contributed by atoms with Crippen LogP contribution in [0.3, 0.4) is 0 Å². The van der Waals surface area contributed by atoms with Gasteiger partial charge >= 0.3 is 19.5 Å². The average molecular weight is 342 g/mol. The van der Waals surface area contributed by atoms with Gasteiger partial charge in [-0.2, -0.15) is 0 Å². The van der Waals surface area contributed by atoms with E-state index in [1.54, 1.807) is 0 Å². The van der Waals surface area contributed by atoms with E-state index in [1.807, 2.05) is 18.5 Å². The fraction of sp³-hybridized carbons (Fsp3) is 0.333. The van der Waals surface area contributed by atoms with Crippen LogP contribution in [0.15, 0.2) is 36.7 Å². The third-order valence-corrected chi connectivity index (χ3v) is 2.92. The molecule has 0 aliphatic carbocycles. The van der Waals surface area contributed by atoms with Crippen molar-refractivity contribution in [3.63, 3.8) is 0 Å². The smallest absolute Gasteiger partial charge is 0.330 e. The number of hydrogen-bond acceptors (Lipinski definition) is 3. The molecule has 2 aromatic rings. The molecule has 0 unspecified atom stereocenters. The van der Waals surface area contributed by atoms with Crippen molar-refractivity contribution in [2.45, 2.75) is 26.2 Å². The average Bonchev–Trinajstić information content (AvgIpc) is 2.39. The Kier molecular flexibility index (Phi) is 6.82. The second kappa shape index (κ2) is 8.13. The summed E-state index contributed by atoms with van der Waals surface area (Å²) in [6.45, 7) is 2.83. The van der Waals surface area contributed by atoms with Gasteiger partial charge < -0.3 is 5.73 Å². The third kappa shape index (κ3) is 4.81. The molecule has 0 saturated carbocycles. The van der Waals surface area contributed by atoms with Crippen molar-refractivity contribution in [1.82, 2.24) is 9.97 Å². The zero-order chi connectivity index (χ0) is 12.8. The Bertz CT molecular complexity index is 514. The Morgan fingerprint density at radius 2 is 1.68 bits per heavy atom. The number of hydrogen-bond donors (Lipinski definition) is 1. The maximum atomic E-state index is 5.51. The predicted molar refractivity (Wildman–Crippen MR) is 74.2 cm³/mol. The van der Waals surface area contributed by atoms with Gasteiger partial charge in [0.2, 0.25) is 0 Å². The molecule has 0 saturated heterocycles. The summed E-state index contributed by atoms with van der Waals surface area (Å²) in [6.07, 6.45) is 6.94. The van der Waals surface area contributed by atoms with Crippen molar-refractivity contribution in [3.8, 4) is 11.4 Å². The minimum absolute atomic E-state index is 0. The quantitative estimate of drug-likeness (QED) is 0.671. The van der Waals surface area contributed by atoms with Crippen LogP contribution in [-0.2, 0) is 25.9 Å². The van der Waals surface area contributed by atoms with Crippen molar-refractivity contribution in [1.29, 1.82) is 0 Å². The number of nitrogens with two attached hydrogens (primary N) is 1. The normalized spacial score (nSPS) is 10.0. The molecule has 2 N–H and O–H groups in total. The Balaban J connectivity index is 0.00000180. The van der Waals surface area contributed by atoms with Crippen molar-refractivity contribution in [2.75, 3.05) is 6.54 Å². The number of unbranched alkanes of at least 4 members (excludes halogenated alkanes) is 1. The van der Waals surface area contributed by atoms with Gasteiger partial charge in [-0.3, -0.25) is 9.97 Å². The molecule has 100 valence electrons. The number of aromatic nitrogens is 2. The van der Waals surface area contributed by atoms with Crippen molar-refractivity contribution >= 4 is 0 Å². The third-order valence-electron chi connectivity index (χ3n) is 2.92. The molecule has 0 aliphatic rings. The predicted octanol–water partition coefficient (Wildman–Crippen LogP) is 2.73. The fourth-order valence-corrected chi connectivity index (χ4v) is 1.92. The van der Waals surface area contributed by atoms with Gasteiger partial charge in [0.25, 0.3) is 0 Å². The number of rotatable bonds is 5. The summed E-state index contributed by atoms with van der Waals surface area (Å²) >= 11 is 0. The topological polar surface area (TPSA) is 51.8 Å². The van der Waals surface area contributed by atoms with E-state index in [2.05, 4.69) is 35.1 Å². The van der Waals surface area contributed by atoms with Crippen LogP contribution in [0.5, 0.6) is 0 Å². The number of pyridine rings is 2. The second-order valence-electron chi connectivity index (χ2n) is 4.51. The van der Waals surface area contributed by atoms with Gasteiger partial charge in [0, 0.05) is 12.4 Å². The summed E-state index contributed by atoms with van der Waals surface area (Å²) in [7, 11) is 0. The van der Waals surface area contributed by atoms with Crippen molar-refractivity contribution in [2.24, 2.45) is 5.73 Å². The molecule has 4 heteroatoms. The van der Waals surface area contributed by atoms with E-state index in [0.717, 1.165) is 37.2 Å². The Hall–Kier alpha value is -1.12. The maximum Gasteiger partial charge on any atom is 2.00 e. The van der Waals surface area contributed by atoms with E-state index in [0.29, 0.717) is 0 Å². The monoisotopic (exact) mass is 343 g/mol. The van der Waals surface area contributed by atoms with Gasteiger partial charge in [-0.1, -0.05) is 0 Å². The van der Waals surface area contributed by atoms with Crippen LogP contribution in [0.2, 0.25) is 0 Å². The van der Waals surface area contributed by atoms with Gasteiger partial charge in [-0.25, -0.2) is 0 Å². The molecular formula is C15H19N3Ru+2. The van der Waals surface area contributed by atoms with Gasteiger partial charge in [0.15, 0.2) is 0 Å². The molecule has 0 radical (unpaired) electrons. The molecule has 19 heavy (non-hydrogen) atoms. The molecule has 0 atom stereocenters. The largest absolute Gasteiger partial charge is 2.00 e. The van der Waals surface area contributed by atoms with E-state index in [-0.39, 0.29) is 19.5 Å². The Morgan fingerprint density at radius 1 is 1.00 bits per heavy atom. The summed E-state index contributed by atoms with van der Waals surface area (Å²) in [5, 5.41) is 0. The van der Waals surface area contributed by atoms with E-state index in [9.17, 15) is 0 Å². The molecule has 0 fully saturated rings. The molecule has 3 nitrogen and oxygen atoms in total. The first-order valence-electron chi connectivity index (χ1n) is 6.37. The van der Waals surface area contributed by atoms with Gasteiger partial charge in [-0.15, -0.1) is 0 Å². The molecule has 0 bridgehead atoms. The van der Waals surface area contributed by atoms with Crippen LogP contribution in [0.25, 0.3) is 11.4 Å². The first-order chi connectivity index (χ1) is 8.79. The van der Waals surface area contributed by atoms with Gasteiger partial charge in [0.05, 0.1) is 11.4 Å². The SMILES string of the molecule is Cc1ccnc(-c2cc(CCCCN)ccn2)c1.[Ru+2].